The van der Waals surface area contributed by atoms with E-state index in [1.165, 1.54) is 78.2 Å². The van der Waals surface area contributed by atoms with E-state index < -0.39 is 51.1 Å². The number of rotatable bonds is 29. The number of aromatic nitrogens is 2. The quantitative estimate of drug-likeness (QED) is 0.00421. The number of terminal acetylenes is 1. The Hall–Kier alpha value is -4.63. The second-order valence-electron chi connectivity index (χ2n) is 46.8. The molecule has 4 saturated carbocycles. The van der Waals surface area contributed by atoms with Crippen LogP contribution in [0.3, 0.4) is 0 Å². The number of thiol groups is 1. The first kappa shape index (κ1) is 161. The van der Waals surface area contributed by atoms with E-state index in [2.05, 4.69) is 167 Å². The Morgan fingerprint density at radius 3 is 1.19 bits per heavy atom. The monoisotopic (exact) mass is 2260 g/mol. The molecule has 1 amide bonds. The number of aldehydes is 1. The van der Waals surface area contributed by atoms with E-state index in [1.54, 1.807) is 90.0 Å². The minimum Gasteiger partial charge on any atom is -1.00 e. The molecule has 1 radical (unpaired) electrons. The maximum Gasteiger partial charge on any atom is 1.00 e. The van der Waals surface area contributed by atoms with Crippen molar-refractivity contribution in [1.29, 1.82) is 0 Å². The molecule has 3 heterocycles. The summed E-state index contributed by atoms with van der Waals surface area (Å²) < 4.78 is 61.9. The summed E-state index contributed by atoms with van der Waals surface area (Å²) in [6, 6.07) is 2.02. The largest absolute Gasteiger partial charge is 1.00 e. The molecule has 36 nitrogen and oxygen atoms in total. The van der Waals surface area contributed by atoms with E-state index in [0.29, 0.717) is 78.2 Å². The van der Waals surface area contributed by atoms with Crippen LogP contribution >= 0.6 is 40.3 Å². The van der Waals surface area contributed by atoms with Crippen LogP contribution in [0.1, 0.15) is 434 Å². The van der Waals surface area contributed by atoms with Crippen LogP contribution in [0.25, 0.3) is 0 Å². The molecular weight excluding hydrogens is 2070 g/mol. The van der Waals surface area contributed by atoms with Gasteiger partial charge in [-0.25, -0.2) is 5.06 Å². The molecule has 0 unspecified atom stereocenters. The van der Waals surface area contributed by atoms with E-state index in [4.69, 9.17) is 105 Å². The minimum atomic E-state index is -0.985. The summed E-state index contributed by atoms with van der Waals surface area (Å²) in [7, 11) is 8.29. The molecule has 2 aromatic heterocycles. The number of amides is 1. The van der Waals surface area contributed by atoms with Gasteiger partial charge in [-0.3, -0.25) is 52.8 Å². The molecule has 148 heavy (non-hydrogen) atoms. The first-order valence-corrected chi connectivity index (χ1v) is 50.8. The van der Waals surface area contributed by atoms with Gasteiger partial charge in [0.25, 0.3) is 6.47 Å². The van der Waals surface area contributed by atoms with Crippen LogP contribution in [-0.2, 0) is 118 Å². The fourth-order valence-corrected chi connectivity index (χ4v) is 14.0. The summed E-state index contributed by atoms with van der Waals surface area (Å²) in [5, 5.41) is 62.3. The number of oxime groups is 2. The molecule has 1 aliphatic heterocycles. The molecule has 4 aliphatic carbocycles. The van der Waals surface area contributed by atoms with Crippen molar-refractivity contribution < 1.29 is 249 Å². The molecule has 0 atom stereocenters. The second kappa shape index (κ2) is 80.2. The van der Waals surface area contributed by atoms with Gasteiger partial charge in [0, 0.05) is 82.9 Å². The number of hydrogen-bond donors (Lipinski definition) is 6. The fraction of sp³-hybridized carbons (Fsp3) is 0.800. The van der Waals surface area contributed by atoms with Crippen molar-refractivity contribution in [3.63, 3.8) is 0 Å². The van der Waals surface area contributed by atoms with E-state index >= 15 is 0 Å². The summed E-state index contributed by atoms with van der Waals surface area (Å²) in [6.45, 7) is 68.9. The van der Waals surface area contributed by atoms with Gasteiger partial charge in [0.15, 0.2) is 5.76 Å². The van der Waals surface area contributed by atoms with Gasteiger partial charge < -0.3 is 93.6 Å². The van der Waals surface area contributed by atoms with Crippen LogP contribution in [0.5, 0.6) is 0 Å². The normalized spacial score (nSPS) is 17.1. The third-order valence-corrected chi connectivity index (χ3v) is 20.6. The number of carboxylic acid groups (broad SMARTS) is 1. The standard InChI is InChI=1S/C19H30BrNO3.C19H31NO3.C11H18.C10H19NO4.C9H17BO2.C8H14ClNO3.C8H15NO3.C8H14O4.C8H14O3.C2H6O.CH2O3.CH4O.CH4.BHNS.2K.H/c1-18(2,3)11-12-9-13(10-12)17-16(20)14(21-24-17)7-8-15(22)23-19(4,5)6;1-18(2,3)12-13-9-14(10-13)16-11-15(20-23-16)7-8-17(21)22-19(4,5)6;1-5-9-6-10(7-9)8-11(2,3)4;1-10(2,3)15-9(13)7-6-8(12)11(4)14-5;1-8(2)9(3,4)12-10(11-8)7-5-6-7;1-8(2,3)13-7(11)5-4-6(9)10-12;1-8(2,3)12-7(10)5-4-6-9-11;1-8(2,3)12-7(11)5-4-6(9)10;1-8(2,3)11-7(10)5-4-6-9;1-2-3;2-1-4-3;1-2;;1-2-3;;;/h12-13H,7-11H2,1-6H3;11,13-14H,7-10,12H2,1-6H3;1,9-10H,6-8H2,2-4H3;6-7H2,1-5H3;7H,5-6H2,1-4H3;12H,4-5H2,1-3H3;6,11H,4-5H2,1-3H3;4-5H2,1-3H3,(H,9,10);6H,4-5H2,1-3H3;3H,2H2,1H3;1,3H;2H,1H3;1H4;3H;;;/q;;;;;;;;;;;;;;2*+1;-1/p-1/b;;;;;10-6-;9-6+;;;;;;;;;;. The number of hydroxylamine groups is 2. The van der Waals surface area contributed by atoms with Gasteiger partial charge in [0.05, 0.1) is 85.5 Å². The molecule has 43 heteroatoms. The molecule has 1 saturated heterocycles. The van der Waals surface area contributed by atoms with Crippen molar-refractivity contribution in [1.82, 2.24) is 15.4 Å². The number of carboxylic acids is 1. The van der Waals surface area contributed by atoms with Crippen LogP contribution in [0.15, 0.2) is 34.2 Å². The van der Waals surface area contributed by atoms with E-state index in [-0.39, 0.29) is 248 Å². The number of aliphatic hydroxyl groups is 2. The zero-order valence-electron chi connectivity index (χ0n) is 97.8. The first-order valence-electron chi connectivity index (χ1n) is 49.2. The minimum absolute atomic E-state index is 0. The van der Waals surface area contributed by atoms with Gasteiger partial charge in [-0.05, 0) is 300 Å². The molecule has 847 valence electrons. The number of aryl methyl sites for hydroxylation is 2. The molecule has 0 spiro atoms. The Morgan fingerprint density at radius 1 is 0.568 bits per heavy atom. The SMILES string of the molecule is C.C#CC1CC(CC(C)(C)C)C1.CC(C)(C)CC1CC(c2cc(CCC(=O)OC(C)(C)C)no2)C1.CC(C)(C)CC1CC(c2onc(CCC(=O)OC(C)(C)C)c2Br)C1.CC(C)(C)OC(=O)CC/C(Cl)=N/O.CC(C)(C)OC(=O)CC/C=N/O.CC(C)(C)OC(=O)CCC(=O)O.CC(C)(C)OC(=O)CCC=O.CC1(C)OB(C2CC2)OC1(C)C.CCO.CO.CON(C)C(=O)CCC(=O)OC(C)(C)C.O=CO[O-].[B]=NS.[H-].[K+].[K+]. The van der Waals surface area contributed by atoms with E-state index in [1.807, 2.05) is 68.4 Å². The van der Waals surface area contributed by atoms with Gasteiger partial charge in [0.2, 0.25) is 5.91 Å². The third-order valence-electron chi connectivity index (χ3n) is 19.5. The summed E-state index contributed by atoms with van der Waals surface area (Å²) in [5.74, 6) is 6.06. The average molecular weight is 2260 g/mol. The van der Waals surface area contributed by atoms with Crippen molar-refractivity contribution in [2.45, 2.75) is 478 Å². The Labute approximate surface area is 993 Å². The Kier molecular flexibility index (Phi) is 87.2. The van der Waals surface area contributed by atoms with E-state index in [9.17, 15) is 47.9 Å². The van der Waals surface area contributed by atoms with Gasteiger partial charge >= 0.3 is 182 Å². The number of hydrogen-bond acceptors (Lipinski definition) is 35. The predicted molar refractivity (Wildman–Crippen MR) is 574 cm³/mol. The molecule has 7 rings (SSSR count). The van der Waals surface area contributed by atoms with Crippen LogP contribution < -0.4 is 108 Å². The van der Waals surface area contributed by atoms with Gasteiger partial charge in [0.1, 0.15) is 56.4 Å². The van der Waals surface area contributed by atoms with Crippen molar-refractivity contribution in [3.05, 3.63) is 33.4 Å². The van der Waals surface area contributed by atoms with E-state index in [0.717, 1.165) is 70.1 Å². The summed E-state index contributed by atoms with van der Waals surface area (Å²) in [4.78, 5) is 126. The molecule has 5 N–H and O–H groups in total. The number of carbonyl (C=O) groups is 11. The molecule has 0 bridgehead atoms. The van der Waals surface area contributed by atoms with Crippen LogP contribution in [0, 0.1) is 52.3 Å². The number of esters is 7. The molecule has 5 fully saturated rings. The maximum absolute atomic E-state index is 11.8. The molecule has 2 aromatic rings. The number of nitrogens with zero attached hydrogens (tertiary/aromatic N) is 6. The van der Waals surface area contributed by atoms with Crippen molar-refractivity contribution in [2.75, 3.05) is 27.9 Å². The van der Waals surface area contributed by atoms with Crippen molar-refractivity contribution in [2.24, 2.45) is 54.5 Å². The first-order chi connectivity index (χ1) is 66.0. The van der Waals surface area contributed by atoms with Gasteiger partial charge in [-0.1, -0.05) is 110 Å². The van der Waals surface area contributed by atoms with Crippen molar-refractivity contribution >= 4 is 133 Å². The third kappa shape index (κ3) is 96.0. The molecule has 0 aromatic carbocycles. The fourth-order valence-electron chi connectivity index (χ4n) is 13.3. The summed E-state index contributed by atoms with van der Waals surface area (Å²) in [5.41, 5.74) is -0.624. The number of aliphatic carboxylic acids is 1. The smallest absolute Gasteiger partial charge is 1.00 e. The zero-order chi connectivity index (χ0) is 115. The zero-order valence-corrected chi connectivity index (χ0v) is 106. The summed E-state index contributed by atoms with van der Waals surface area (Å²) in [6.07, 6.45) is 24.1. The van der Waals surface area contributed by atoms with Gasteiger partial charge in [-0.2, -0.15) is 0 Å². The second-order valence-corrected chi connectivity index (χ2v) is 48.2. The van der Waals surface area contributed by atoms with Crippen molar-refractivity contribution in [3.8, 4) is 12.3 Å². The summed E-state index contributed by atoms with van der Waals surface area (Å²) >= 11 is 12.2. The molecule has 5 aliphatic rings. The predicted octanol–water partition coefficient (Wildman–Crippen LogP) is 16.2. The van der Waals surface area contributed by atoms with Crippen LogP contribution in [0.2, 0.25) is 5.82 Å². The van der Waals surface area contributed by atoms with Crippen LogP contribution in [-0.4, -0.2) is 212 Å². The maximum atomic E-state index is 11.8. The number of ether oxygens (including phenoxy) is 7. The Morgan fingerprint density at radius 2 is 0.885 bits per heavy atom. The van der Waals surface area contributed by atoms with Crippen LogP contribution in [0.4, 0.5) is 0 Å². The topological polar surface area (TPSA) is 506 Å². The average Bonchev–Trinajstić information content (AvgIpc) is 1.61. The number of carbonyl (C=O) groups excluding carboxylic acids is 10. The Bertz CT molecular complexity index is 4130. The Balaban J connectivity index is -0.000000182. The molecular formula is C105H189B2BrClK2N6O30S. The number of halogens is 2. The number of aliphatic hydroxyl groups excluding tert-OH is 2. The van der Waals surface area contributed by atoms with Gasteiger partial charge in [-0.15, -0.1) is 17.5 Å².